The number of hydrogen-bond acceptors (Lipinski definition) is 1. The molecule has 0 radical (unpaired) electrons. The van der Waals surface area contributed by atoms with Crippen LogP contribution in [0, 0.1) is 0 Å². The molecule has 0 aromatic heterocycles. The predicted molar refractivity (Wildman–Crippen MR) is 47.3 cm³/mol. The van der Waals surface area contributed by atoms with Gasteiger partial charge in [-0.2, -0.15) is 0 Å². The first kappa shape index (κ1) is 9.96. The van der Waals surface area contributed by atoms with Gasteiger partial charge in [-0.25, -0.2) is 0 Å². The maximum atomic E-state index is 2.44. The van der Waals surface area contributed by atoms with E-state index in [-0.39, 0.29) is 0 Å². The molecule has 0 spiro atoms. The van der Waals surface area contributed by atoms with Crippen LogP contribution in [0.1, 0.15) is 40.5 Å². The first-order valence-electron chi connectivity index (χ1n) is 4.47. The number of rotatable bonds is 1. The van der Waals surface area contributed by atoms with Gasteiger partial charge in [0, 0.05) is 12.1 Å². The second-order valence-corrected chi connectivity index (χ2v) is 2.81. The van der Waals surface area contributed by atoms with Gasteiger partial charge in [-0.1, -0.05) is 20.8 Å². The van der Waals surface area contributed by atoms with Crippen molar-refractivity contribution in [3.63, 3.8) is 0 Å². The molecule has 1 nitrogen and oxygen atoms in total. The summed E-state index contributed by atoms with van der Waals surface area (Å²) in [6.45, 7) is 8.54. The van der Waals surface area contributed by atoms with Crippen LogP contribution in [0.5, 0.6) is 0 Å². The topological polar surface area (TPSA) is 3.24 Å². The summed E-state index contributed by atoms with van der Waals surface area (Å²) >= 11 is 0. The Hall–Kier alpha value is -0.0400. The fourth-order valence-electron chi connectivity index (χ4n) is 1.40. The first-order valence-corrected chi connectivity index (χ1v) is 4.47. The molecule has 1 aliphatic rings. The van der Waals surface area contributed by atoms with Gasteiger partial charge in [0.1, 0.15) is 0 Å². The Morgan fingerprint density at radius 1 is 1.40 bits per heavy atom. The largest absolute Gasteiger partial charge is 0.301 e. The van der Waals surface area contributed by atoms with E-state index in [0.717, 1.165) is 12.1 Å². The molecule has 1 fully saturated rings. The van der Waals surface area contributed by atoms with E-state index in [1.54, 1.807) is 0 Å². The van der Waals surface area contributed by atoms with Crippen LogP contribution in [0.3, 0.4) is 0 Å². The monoisotopic (exact) mass is 143 g/mol. The van der Waals surface area contributed by atoms with Crippen molar-refractivity contribution in [1.29, 1.82) is 0 Å². The molecule has 0 amide bonds. The molecule has 0 N–H and O–H groups in total. The minimum Gasteiger partial charge on any atom is -0.301 e. The summed E-state index contributed by atoms with van der Waals surface area (Å²) in [5, 5.41) is 0. The Morgan fingerprint density at radius 2 is 1.90 bits per heavy atom. The molecule has 1 heterocycles. The Kier molecular flexibility index (Phi) is 4.71. The Morgan fingerprint density at radius 3 is 2.00 bits per heavy atom. The first-order chi connectivity index (χ1) is 4.75. The molecule has 2 unspecified atom stereocenters. The van der Waals surface area contributed by atoms with Crippen LogP contribution in [0.2, 0.25) is 0 Å². The van der Waals surface area contributed by atoms with E-state index in [1.165, 1.54) is 12.8 Å². The average Bonchev–Trinajstić information content (AvgIpc) is 2.03. The van der Waals surface area contributed by atoms with Crippen molar-refractivity contribution < 1.29 is 0 Å². The Balaban J connectivity index is 0.000000371. The van der Waals surface area contributed by atoms with Gasteiger partial charge < -0.3 is 4.90 Å². The van der Waals surface area contributed by atoms with E-state index in [2.05, 4.69) is 25.8 Å². The lowest BCUT2D eigenvalue weighted by Gasteiger charge is -2.44. The molecular weight excluding hydrogens is 122 g/mol. The molecule has 0 aromatic rings. The SMILES string of the molecule is CC.CCC1CC(C)N1C. The summed E-state index contributed by atoms with van der Waals surface area (Å²) in [5.74, 6) is 0. The standard InChI is InChI=1S/C7H15N.C2H6/c1-4-7-5-6(2)8(7)3;1-2/h6-7H,4-5H2,1-3H3;1-2H3. The summed E-state index contributed by atoms with van der Waals surface area (Å²) in [4.78, 5) is 2.44. The zero-order valence-corrected chi connectivity index (χ0v) is 8.02. The van der Waals surface area contributed by atoms with E-state index in [1.807, 2.05) is 13.8 Å². The zero-order valence-electron chi connectivity index (χ0n) is 8.02. The highest BCUT2D eigenvalue weighted by molar-refractivity contribution is 4.85. The normalized spacial score (nSPS) is 32.1. The second kappa shape index (κ2) is 4.73. The summed E-state index contributed by atoms with van der Waals surface area (Å²) < 4.78 is 0. The number of nitrogens with zero attached hydrogens (tertiary/aromatic N) is 1. The smallest absolute Gasteiger partial charge is 0.0107 e. The van der Waals surface area contributed by atoms with Gasteiger partial charge in [0.15, 0.2) is 0 Å². The molecule has 10 heavy (non-hydrogen) atoms. The van der Waals surface area contributed by atoms with Gasteiger partial charge in [0.25, 0.3) is 0 Å². The lowest BCUT2D eigenvalue weighted by molar-refractivity contribution is 0.0540. The van der Waals surface area contributed by atoms with Gasteiger partial charge in [-0.15, -0.1) is 0 Å². The highest BCUT2D eigenvalue weighted by Gasteiger charge is 2.29. The summed E-state index contributed by atoms with van der Waals surface area (Å²) in [6.07, 6.45) is 2.73. The Bertz CT molecular complexity index is 80.8. The molecule has 62 valence electrons. The molecule has 1 saturated heterocycles. The quantitative estimate of drug-likeness (QED) is 0.545. The highest BCUT2D eigenvalue weighted by Crippen LogP contribution is 2.24. The fraction of sp³-hybridized carbons (Fsp3) is 1.00. The minimum atomic E-state index is 0.847. The van der Waals surface area contributed by atoms with Gasteiger partial charge in [-0.05, 0) is 26.8 Å². The molecule has 1 rings (SSSR count). The third kappa shape index (κ3) is 1.98. The third-order valence-electron chi connectivity index (χ3n) is 2.36. The van der Waals surface area contributed by atoms with E-state index in [9.17, 15) is 0 Å². The highest BCUT2D eigenvalue weighted by atomic mass is 15.2. The fourth-order valence-corrected chi connectivity index (χ4v) is 1.40. The summed E-state index contributed by atoms with van der Waals surface area (Å²) in [5.41, 5.74) is 0. The van der Waals surface area contributed by atoms with Crippen LogP contribution >= 0.6 is 0 Å². The summed E-state index contributed by atoms with van der Waals surface area (Å²) in [6, 6.07) is 1.74. The van der Waals surface area contributed by atoms with Crippen molar-refractivity contribution in [3.8, 4) is 0 Å². The van der Waals surface area contributed by atoms with Crippen molar-refractivity contribution in [1.82, 2.24) is 4.90 Å². The number of hydrogen-bond donors (Lipinski definition) is 0. The van der Waals surface area contributed by atoms with Crippen LogP contribution in [0.15, 0.2) is 0 Å². The molecule has 1 heteroatoms. The van der Waals surface area contributed by atoms with Crippen LogP contribution in [-0.2, 0) is 0 Å². The van der Waals surface area contributed by atoms with E-state index in [0.29, 0.717) is 0 Å². The molecule has 0 bridgehead atoms. The lowest BCUT2D eigenvalue weighted by Crippen LogP contribution is -2.51. The maximum Gasteiger partial charge on any atom is 0.0107 e. The van der Waals surface area contributed by atoms with Crippen LogP contribution < -0.4 is 0 Å². The molecule has 0 saturated carbocycles. The van der Waals surface area contributed by atoms with Crippen LogP contribution in [0.25, 0.3) is 0 Å². The van der Waals surface area contributed by atoms with Crippen molar-refractivity contribution in [3.05, 3.63) is 0 Å². The van der Waals surface area contributed by atoms with Crippen molar-refractivity contribution >= 4 is 0 Å². The average molecular weight is 143 g/mol. The Labute approximate surface area is 65.4 Å². The number of likely N-dealkylation sites (tertiary alicyclic amines) is 1. The minimum absolute atomic E-state index is 0.847. The molecule has 1 aliphatic heterocycles. The van der Waals surface area contributed by atoms with Crippen LogP contribution in [0.4, 0.5) is 0 Å². The molecule has 2 atom stereocenters. The van der Waals surface area contributed by atoms with Crippen molar-refractivity contribution in [2.45, 2.75) is 52.6 Å². The predicted octanol–water partition coefficient (Wildman–Crippen LogP) is 2.52. The molecular formula is C9H21N. The summed E-state index contributed by atoms with van der Waals surface area (Å²) in [7, 11) is 2.21. The zero-order chi connectivity index (χ0) is 8.15. The van der Waals surface area contributed by atoms with Gasteiger partial charge >= 0.3 is 0 Å². The molecule has 0 aromatic carbocycles. The third-order valence-corrected chi connectivity index (χ3v) is 2.36. The second-order valence-electron chi connectivity index (χ2n) is 2.81. The van der Waals surface area contributed by atoms with Crippen molar-refractivity contribution in [2.24, 2.45) is 0 Å². The maximum absolute atomic E-state index is 2.44. The van der Waals surface area contributed by atoms with Gasteiger partial charge in [0.2, 0.25) is 0 Å². The van der Waals surface area contributed by atoms with Crippen molar-refractivity contribution in [2.75, 3.05) is 7.05 Å². The van der Waals surface area contributed by atoms with E-state index < -0.39 is 0 Å². The van der Waals surface area contributed by atoms with E-state index in [4.69, 9.17) is 0 Å². The molecule has 0 aliphatic carbocycles. The lowest BCUT2D eigenvalue weighted by atomic mass is 9.94. The van der Waals surface area contributed by atoms with Gasteiger partial charge in [0.05, 0.1) is 0 Å². The van der Waals surface area contributed by atoms with Gasteiger partial charge in [-0.3, -0.25) is 0 Å². The van der Waals surface area contributed by atoms with Crippen LogP contribution in [-0.4, -0.2) is 24.0 Å². The van der Waals surface area contributed by atoms with E-state index >= 15 is 0 Å².